The first-order valence-electron chi connectivity index (χ1n) is 8.89. The van der Waals surface area contributed by atoms with E-state index in [1.54, 1.807) is 31.5 Å². The molecule has 0 aliphatic rings. The number of halogens is 1. The second kappa shape index (κ2) is 8.73. The summed E-state index contributed by atoms with van der Waals surface area (Å²) in [5, 5.41) is 20.9. The van der Waals surface area contributed by atoms with E-state index in [1.165, 1.54) is 12.1 Å². The lowest BCUT2D eigenvalue weighted by Gasteiger charge is -2.23. The Labute approximate surface area is 182 Å². The summed E-state index contributed by atoms with van der Waals surface area (Å²) in [4.78, 5) is 27.7. The minimum Gasteiger partial charge on any atom is -0.373 e. The van der Waals surface area contributed by atoms with Gasteiger partial charge in [0.1, 0.15) is 16.3 Å². The Bertz CT molecular complexity index is 1290. The van der Waals surface area contributed by atoms with Crippen molar-refractivity contribution < 1.29 is 18.3 Å². The normalized spacial score (nSPS) is 13.7. The number of rotatable bonds is 8. The number of nitrogens with two attached hydrogens (primary N) is 1. The molecule has 3 aromatic rings. The molecule has 0 spiro atoms. The lowest BCUT2D eigenvalue weighted by molar-refractivity contribution is -0.0782. The average molecular weight is 467 g/mol. The van der Waals surface area contributed by atoms with Gasteiger partial charge in [-0.25, -0.2) is 13.6 Å². The SMILES string of the molecule is COC(O)c1c(Nc2c(NC(C)c3ccncc3)c(=O)c2=O)ccc(Cl)c1S(N)(=O)=O. The standard InChI is InChI=1S/C19H19ClN4O6S/c1-9(10-5-7-22-8-6-10)23-14-15(17(26)16(14)25)24-12-4-3-11(20)18(31(21,28)29)13(12)19(27)30-2/h3-9,19,23-24,27H,1-2H3,(H2,21,28,29). The van der Waals surface area contributed by atoms with E-state index in [2.05, 4.69) is 15.6 Å². The summed E-state index contributed by atoms with van der Waals surface area (Å²) >= 11 is 5.98. The molecule has 2 atom stereocenters. The molecule has 0 fully saturated rings. The molecule has 0 bridgehead atoms. The molecule has 10 nitrogen and oxygen atoms in total. The summed E-state index contributed by atoms with van der Waals surface area (Å²) in [6.07, 6.45) is 1.46. The minimum absolute atomic E-state index is 0.0132. The molecule has 2 aromatic carbocycles. The highest BCUT2D eigenvalue weighted by atomic mass is 35.5. The van der Waals surface area contributed by atoms with Crippen LogP contribution < -0.4 is 26.6 Å². The molecule has 0 aliphatic carbocycles. The first-order chi connectivity index (χ1) is 14.6. The zero-order valence-electron chi connectivity index (χ0n) is 16.4. The Morgan fingerprint density at radius 2 is 1.74 bits per heavy atom. The lowest BCUT2D eigenvalue weighted by Crippen LogP contribution is -2.37. The maximum absolute atomic E-state index is 12.2. The number of ether oxygens (including phenoxy) is 1. The van der Waals surface area contributed by atoms with Crippen molar-refractivity contribution in [2.75, 3.05) is 17.7 Å². The number of primary sulfonamides is 1. The maximum Gasteiger partial charge on any atom is 0.253 e. The Morgan fingerprint density at radius 1 is 1.13 bits per heavy atom. The number of nitrogens with zero attached hydrogens (tertiary/aromatic N) is 1. The van der Waals surface area contributed by atoms with Crippen molar-refractivity contribution in [1.82, 2.24) is 4.98 Å². The van der Waals surface area contributed by atoms with Crippen LogP contribution in [0.3, 0.4) is 0 Å². The second-order valence-electron chi connectivity index (χ2n) is 6.65. The van der Waals surface area contributed by atoms with Crippen molar-refractivity contribution in [3.8, 4) is 0 Å². The predicted octanol–water partition coefficient (Wildman–Crippen LogP) is 1.53. The minimum atomic E-state index is -4.36. The number of hydrogen-bond donors (Lipinski definition) is 4. The molecule has 0 amide bonds. The topological polar surface area (TPSA) is 161 Å². The number of pyridine rings is 1. The Kier molecular flexibility index (Phi) is 6.43. The van der Waals surface area contributed by atoms with Crippen molar-refractivity contribution in [1.29, 1.82) is 0 Å². The van der Waals surface area contributed by atoms with Crippen LogP contribution in [0.25, 0.3) is 0 Å². The second-order valence-corrected chi connectivity index (χ2v) is 8.56. The molecule has 2 unspecified atom stereocenters. The smallest absolute Gasteiger partial charge is 0.253 e. The van der Waals surface area contributed by atoms with Gasteiger partial charge >= 0.3 is 0 Å². The summed E-state index contributed by atoms with van der Waals surface area (Å²) in [5.41, 5.74) is -1.12. The molecule has 0 saturated carbocycles. The lowest BCUT2D eigenvalue weighted by atomic mass is 10.1. The van der Waals surface area contributed by atoms with Gasteiger partial charge < -0.3 is 20.5 Å². The highest BCUT2D eigenvalue weighted by Gasteiger charge is 2.29. The molecule has 12 heteroatoms. The van der Waals surface area contributed by atoms with Crippen LogP contribution in [-0.4, -0.2) is 25.6 Å². The predicted molar refractivity (Wildman–Crippen MR) is 116 cm³/mol. The quantitative estimate of drug-likeness (QED) is 0.285. The van der Waals surface area contributed by atoms with Crippen LogP contribution in [0.5, 0.6) is 0 Å². The number of hydrogen-bond acceptors (Lipinski definition) is 9. The maximum atomic E-state index is 12.2. The van der Waals surface area contributed by atoms with Crippen LogP contribution in [0.15, 0.2) is 51.1 Å². The van der Waals surface area contributed by atoms with Crippen LogP contribution in [0.4, 0.5) is 17.1 Å². The van der Waals surface area contributed by atoms with E-state index in [9.17, 15) is 23.1 Å². The molecule has 5 N–H and O–H groups in total. The number of anilines is 3. The van der Waals surface area contributed by atoms with Crippen LogP contribution in [0, 0.1) is 0 Å². The third-order valence-electron chi connectivity index (χ3n) is 4.64. The summed E-state index contributed by atoms with van der Waals surface area (Å²) in [7, 11) is -3.22. The summed E-state index contributed by atoms with van der Waals surface area (Å²) < 4.78 is 28.9. The van der Waals surface area contributed by atoms with E-state index in [-0.39, 0.29) is 33.7 Å². The molecular weight excluding hydrogens is 448 g/mol. The summed E-state index contributed by atoms with van der Waals surface area (Å²) in [5.74, 6) is 0. The van der Waals surface area contributed by atoms with E-state index in [0.717, 1.165) is 12.7 Å². The molecule has 1 heterocycles. The van der Waals surface area contributed by atoms with Gasteiger partial charge in [0, 0.05) is 31.2 Å². The zero-order chi connectivity index (χ0) is 22.9. The van der Waals surface area contributed by atoms with Gasteiger partial charge in [-0.15, -0.1) is 0 Å². The number of nitrogens with one attached hydrogen (secondary N) is 2. The van der Waals surface area contributed by atoms with Crippen molar-refractivity contribution >= 4 is 38.7 Å². The molecule has 164 valence electrons. The van der Waals surface area contributed by atoms with Crippen molar-refractivity contribution in [3.63, 3.8) is 0 Å². The largest absolute Gasteiger partial charge is 0.373 e. The Morgan fingerprint density at radius 3 is 2.32 bits per heavy atom. The van der Waals surface area contributed by atoms with Gasteiger partial charge in [-0.1, -0.05) is 11.6 Å². The number of methoxy groups -OCH3 is 1. The fraction of sp³-hybridized carbons (Fsp3) is 0.211. The van der Waals surface area contributed by atoms with Crippen molar-refractivity contribution in [2.24, 2.45) is 5.14 Å². The first-order valence-corrected chi connectivity index (χ1v) is 10.8. The molecule has 0 radical (unpaired) electrons. The van der Waals surface area contributed by atoms with E-state index in [1.807, 2.05) is 0 Å². The fourth-order valence-electron chi connectivity index (χ4n) is 3.07. The molecule has 1 aromatic heterocycles. The average Bonchev–Trinajstić information content (AvgIpc) is 2.75. The summed E-state index contributed by atoms with van der Waals surface area (Å²) in [6.45, 7) is 1.79. The van der Waals surface area contributed by atoms with E-state index >= 15 is 0 Å². The zero-order valence-corrected chi connectivity index (χ0v) is 18.0. The number of benzene rings is 1. The highest BCUT2D eigenvalue weighted by molar-refractivity contribution is 7.89. The number of aromatic nitrogens is 1. The number of aliphatic hydroxyl groups excluding tert-OH is 1. The molecule has 3 rings (SSSR count). The van der Waals surface area contributed by atoms with Crippen LogP contribution >= 0.6 is 11.6 Å². The number of aliphatic hydroxyl groups is 1. The Balaban J connectivity index is 2.04. The molecule has 0 saturated heterocycles. The third kappa shape index (κ3) is 4.45. The van der Waals surface area contributed by atoms with Crippen molar-refractivity contribution in [3.05, 3.63) is 73.3 Å². The van der Waals surface area contributed by atoms with Crippen LogP contribution in [0.2, 0.25) is 5.02 Å². The molecular formula is C19H19ClN4O6S. The number of sulfonamides is 1. The van der Waals surface area contributed by atoms with Gasteiger partial charge in [-0.05, 0) is 36.8 Å². The van der Waals surface area contributed by atoms with Crippen LogP contribution in [-0.2, 0) is 14.8 Å². The van der Waals surface area contributed by atoms with Gasteiger partial charge in [-0.2, -0.15) is 0 Å². The van der Waals surface area contributed by atoms with Gasteiger partial charge in [0.05, 0.1) is 10.6 Å². The third-order valence-corrected chi connectivity index (χ3v) is 6.08. The van der Waals surface area contributed by atoms with Crippen molar-refractivity contribution in [2.45, 2.75) is 24.2 Å². The highest BCUT2D eigenvalue weighted by Crippen LogP contribution is 2.37. The van der Waals surface area contributed by atoms with Crippen LogP contribution in [0.1, 0.15) is 30.4 Å². The van der Waals surface area contributed by atoms with E-state index < -0.39 is 32.1 Å². The van der Waals surface area contributed by atoms with Gasteiger partial charge in [-0.3, -0.25) is 14.6 Å². The van der Waals surface area contributed by atoms with E-state index in [0.29, 0.717) is 0 Å². The fourth-order valence-corrected chi connectivity index (χ4v) is 4.41. The Hall–Kier alpha value is -2.83. The first kappa shape index (κ1) is 22.8. The van der Waals surface area contributed by atoms with Gasteiger partial charge in [0.25, 0.3) is 10.9 Å². The van der Waals surface area contributed by atoms with Gasteiger partial charge in [0.15, 0.2) is 6.29 Å². The summed E-state index contributed by atoms with van der Waals surface area (Å²) in [6, 6.07) is 5.73. The van der Waals surface area contributed by atoms with Gasteiger partial charge in [0.2, 0.25) is 10.0 Å². The van der Waals surface area contributed by atoms with E-state index in [4.69, 9.17) is 21.5 Å². The molecule has 0 aliphatic heterocycles. The monoisotopic (exact) mass is 466 g/mol. The molecule has 31 heavy (non-hydrogen) atoms.